The van der Waals surface area contributed by atoms with E-state index < -0.39 is 18.6 Å². The third-order valence-corrected chi connectivity index (χ3v) is 4.18. The van der Waals surface area contributed by atoms with Crippen LogP contribution >= 0.6 is 0 Å². The van der Waals surface area contributed by atoms with Gasteiger partial charge in [0, 0.05) is 13.0 Å². The van der Waals surface area contributed by atoms with Crippen molar-refractivity contribution in [3.63, 3.8) is 0 Å². The lowest BCUT2D eigenvalue weighted by Gasteiger charge is -2.37. The molecule has 0 aromatic heterocycles. The molecule has 6 heteroatoms. The zero-order chi connectivity index (χ0) is 16.1. The van der Waals surface area contributed by atoms with Crippen molar-refractivity contribution in [2.75, 3.05) is 19.6 Å². The monoisotopic (exact) mass is 308 g/mol. The Balaban J connectivity index is 2.74. The van der Waals surface area contributed by atoms with E-state index >= 15 is 0 Å². The van der Waals surface area contributed by atoms with Crippen LogP contribution in [0.15, 0.2) is 0 Å². The minimum atomic E-state index is -4.35. The van der Waals surface area contributed by atoms with Gasteiger partial charge in [-0.1, -0.05) is 33.1 Å². The van der Waals surface area contributed by atoms with Crippen LogP contribution in [0.5, 0.6) is 0 Å². The van der Waals surface area contributed by atoms with Gasteiger partial charge >= 0.3 is 6.18 Å². The summed E-state index contributed by atoms with van der Waals surface area (Å²) in [6.07, 6.45) is 0.614. The quantitative estimate of drug-likeness (QED) is 0.818. The van der Waals surface area contributed by atoms with Crippen molar-refractivity contribution in [1.82, 2.24) is 4.90 Å². The molecule has 0 aliphatic heterocycles. The molecule has 0 atom stereocenters. The molecule has 0 spiro atoms. The van der Waals surface area contributed by atoms with E-state index in [-0.39, 0.29) is 24.3 Å². The van der Waals surface area contributed by atoms with E-state index in [9.17, 15) is 18.0 Å². The first-order valence-corrected chi connectivity index (χ1v) is 7.72. The number of amides is 1. The Kier molecular flexibility index (Phi) is 6.50. The van der Waals surface area contributed by atoms with Crippen molar-refractivity contribution in [3.8, 4) is 0 Å². The second-order valence-corrected chi connectivity index (χ2v) is 6.72. The molecule has 1 aliphatic carbocycles. The fraction of sp³-hybridized carbons (Fsp3) is 0.933. The molecule has 0 bridgehead atoms. The summed E-state index contributed by atoms with van der Waals surface area (Å²) in [5.41, 5.74) is 5.53. The summed E-state index contributed by atoms with van der Waals surface area (Å²) in [6, 6.07) is 0. The van der Waals surface area contributed by atoms with Gasteiger partial charge in [-0.25, -0.2) is 0 Å². The van der Waals surface area contributed by atoms with Crippen LogP contribution in [0.2, 0.25) is 0 Å². The molecule has 3 nitrogen and oxygen atoms in total. The standard InChI is InChI=1S/C15H27F3N2O/c1-12(2)9-20(11-15(16,17)18)13(21)8-14(10-19)6-4-3-5-7-14/h12H,3-11,19H2,1-2H3. The summed E-state index contributed by atoms with van der Waals surface area (Å²) in [6.45, 7) is 2.98. The highest BCUT2D eigenvalue weighted by Crippen LogP contribution is 2.39. The van der Waals surface area contributed by atoms with Gasteiger partial charge in [0.2, 0.25) is 5.91 Å². The van der Waals surface area contributed by atoms with Crippen LogP contribution in [0.3, 0.4) is 0 Å². The molecule has 0 aromatic rings. The van der Waals surface area contributed by atoms with Crippen LogP contribution < -0.4 is 5.73 Å². The number of carbonyl (C=O) groups excluding carboxylic acids is 1. The molecule has 0 saturated heterocycles. The third-order valence-electron chi connectivity index (χ3n) is 4.18. The highest BCUT2D eigenvalue weighted by Gasteiger charge is 2.38. The minimum absolute atomic E-state index is 0.0106. The fourth-order valence-electron chi connectivity index (χ4n) is 3.10. The maximum atomic E-state index is 12.7. The first-order valence-electron chi connectivity index (χ1n) is 7.72. The molecule has 1 amide bonds. The van der Waals surface area contributed by atoms with Gasteiger partial charge in [-0.2, -0.15) is 13.2 Å². The smallest absolute Gasteiger partial charge is 0.333 e. The van der Waals surface area contributed by atoms with Crippen LogP contribution in [0.1, 0.15) is 52.4 Å². The molecule has 0 heterocycles. The molecule has 1 aliphatic rings. The number of nitrogens with zero attached hydrogens (tertiary/aromatic N) is 1. The van der Waals surface area contributed by atoms with Crippen LogP contribution in [-0.2, 0) is 4.79 Å². The van der Waals surface area contributed by atoms with Gasteiger partial charge < -0.3 is 10.6 Å². The van der Waals surface area contributed by atoms with Crippen molar-refractivity contribution in [2.45, 2.75) is 58.5 Å². The average molecular weight is 308 g/mol. The van der Waals surface area contributed by atoms with Crippen LogP contribution in [0.25, 0.3) is 0 Å². The molecule has 1 fully saturated rings. The normalized spacial score (nSPS) is 18.8. The molecule has 0 aromatic carbocycles. The average Bonchev–Trinajstić information content (AvgIpc) is 2.37. The number of carbonyl (C=O) groups is 1. The van der Waals surface area contributed by atoms with Gasteiger partial charge in [-0.05, 0) is 30.7 Å². The summed E-state index contributed by atoms with van der Waals surface area (Å²) < 4.78 is 38.0. The van der Waals surface area contributed by atoms with E-state index in [4.69, 9.17) is 5.73 Å². The lowest BCUT2D eigenvalue weighted by Crippen LogP contribution is -2.45. The second-order valence-electron chi connectivity index (χ2n) is 6.72. The second kappa shape index (κ2) is 7.47. The molecule has 21 heavy (non-hydrogen) atoms. The summed E-state index contributed by atoms with van der Waals surface area (Å²) in [5, 5.41) is 0. The Bertz CT molecular complexity index is 336. The van der Waals surface area contributed by atoms with E-state index in [0.29, 0.717) is 6.54 Å². The Morgan fingerprint density at radius 3 is 2.24 bits per heavy atom. The molecule has 0 unspecified atom stereocenters. The Morgan fingerprint density at radius 2 is 1.81 bits per heavy atom. The predicted molar refractivity (Wildman–Crippen MR) is 76.7 cm³/mol. The van der Waals surface area contributed by atoms with Gasteiger partial charge in [0.15, 0.2) is 0 Å². The van der Waals surface area contributed by atoms with Crippen molar-refractivity contribution < 1.29 is 18.0 Å². The van der Waals surface area contributed by atoms with E-state index in [0.717, 1.165) is 37.0 Å². The summed E-state index contributed by atoms with van der Waals surface area (Å²) in [5.74, 6) is -0.398. The van der Waals surface area contributed by atoms with Gasteiger partial charge in [0.1, 0.15) is 6.54 Å². The predicted octanol–water partition coefficient (Wildman–Crippen LogP) is 3.33. The molecular weight excluding hydrogens is 281 g/mol. The SMILES string of the molecule is CC(C)CN(CC(F)(F)F)C(=O)CC1(CN)CCCCC1. The molecule has 124 valence electrons. The molecule has 0 radical (unpaired) electrons. The first kappa shape index (κ1) is 18.3. The molecule has 1 saturated carbocycles. The van der Waals surface area contributed by atoms with Crippen molar-refractivity contribution >= 4 is 5.91 Å². The van der Waals surface area contributed by atoms with Gasteiger partial charge in [-0.3, -0.25) is 4.79 Å². The molecule has 1 rings (SSSR count). The highest BCUT2D eigenvalue weighted by atomic mass is 19.4. The molecule has 2 N–H and O–H groups in total. The fourth-order valence-corrected chi connectivity index (χ4v) is 3.10. The lowest BCUT2D eigenvalue weighted by molar-refractivity contribution is -0.163. The van der Waals surface area contributed by atoms with Gasteiger partial charge in [0.05, 0.1) is 0 Å². The summed E-state index contributed by atoms with van der Waals surface area (Å²) in [7, 11) is 0. The van der Waals surface area contributed by atoms with Crippen LogP contribution in [-0.4, -0.2) is 36.6 Å². The van der Waals surface area contributed by atoms with Crippen molar-refractivity contribution in [1.29, 1.82) is 0 Å². The molecular formula is C15H27F3N2O. The number of alkyl halides is 3. The first-order chi connectivity index (χ1) is 9.67. The van der Waals surface area contributed by atoms with Gasteiger partial charge in [-0.15, -0.1) is 0 Å². The maximum Gasteiger partial charge on any atom is 0.406 e. The van der Waals surface area contributed by atoms with E-state index in [1.54, 1.807) is 0 Å². The van der Waals surface area contributed by atoms with E-state index in [2.05, 4.69) is 0 Å². The number of hydrogen-bond donors (Lipinski definition) is 1. The summed E-state index contributed by atoms with van der Waals surface area (Å²) in [4.78, 5) is 13.3. The minimum Gasteiger partial charge on any atom is -0.333 e. The third kappa shape index (κ3) is 6.24. The summed E-state index contributed by atoms with van der Waals surface area (Å²) >= 11 is 0. The zero-order valence-corrected chi connectivity index (χ0v) is 13.0. The van der Waals surface area contributed by atoms with E-state index in [1.807, 2.05) is 13.8 Å². The van der Waals surface area contributed by atoms with Gasteiger partial charge in [0.25, 0.3) is 0 Å². The van der Waals surface area contributed by atoms with Crippen LogP contribution in [0.4, 0.5) is 13.2 Å². The Labute approximate surface area is 125 Å². The number of rotatable bonds is 6. The Morgan fingerprint density at radius 1 is 1.24 bits per heavy atom. The van der Waals surface area contributed by atoms with E-state index in [1.165, 1.54) is 0 Å². The Hall–Kier alpha value is -0.780. The number of halogens is 3. The van der Waals surface area contributed by atoms with Crippen molar-refractivity contribution in [3.05, 3.63) is 0 Å². The maximum absolute atomic E-state index is 12.7. The largest absolute Gasteiger partial charge is 0.406 e. The van der Waals surface area contributed by atoms with Crippen LogP contribution in [0, 0.1) is 11.3 Å². The lowest BCUT2D eigenvalue weighted by atomic mass is 9.71. The van der Waals surface area contributed by atoms with Crippen molar-refractivity contribution in [2.24, 2.45) is 17.1 Å². The topological polar surface area (TPSA) is 46.3 Å². The highest BCUT2D eigenvalue weighted by molar-refractivity contribution is 5.77. The zero-order valence-electron chi connectivity index (χ0n) is 13.0. The number of nitrogens with two attached hydrogens (primary N) is 1. The number of hydrogen-bond acceptors (Lipinski definition) is 2.